The molecule has 1 unspecified atom stereocenters. The Hall–Kier alpha value is -3.35. The number of imide groups is 1. The molecular formula is C19H18N2O5. The van der Waals surface area contributed by atoms with Gasteiger partial charge in [-0.15, -0.1) is 0 Å². The first kappa shape index (κ1) is 17.5. The Morgan fingerprint density at radius 3 is 2.50 bits per heavy atom. The molecule has 1 atom stereocenters. The van der Waals surface area contributed by atoms with Crippen LogP contribution in [0, 0.1) is 0 Å². The van der Waals surface area contributed by atoms with Crippen molar-refractivity contribution >= 4 is 17.9 Å². The van der Waals surface area contributed by atoms with E-state index >= 15 is 0 Å². The number of benzene rings is 2. The topological polar surface area (TPSA) is 84.9 Å². The van der Waals surface area contributed by atoms with Crippen LogP contribution in [-0.2, 0) is 9.53 Å². The Kier molecular flexibility index (Phi) is 5.17. The maximum absolute atomic E-state index is 12.7. The van der Waals surface area contributed by atoms with Crippen LogP contribution in [0.5, 0.6) is 5.75 Å². The summed E-state index contributed by atoms with van der Waals surface area (Å²) >= 11 is 0. The third kappa shape index (κ3) is 3.66. The second kappa shape index (κ2) is 7.69. The van der Waals surface area contributed by atoms with E-state index in [0.717, 1.165) is 10.5 Å². The van der Waals surface area contributed by atoms with Crippen molar-refractivity contribution in [1.29, 1.82) is 0 Å². The minimum atomic E-state index is -0.706. The van der Waals surface area contributed by atoms with Crippen LogP contribution in [-0.4, -0.2) is 43.1 Å². The van der Waals surface area contributed by atoms with Crippen LogP contribution in [0.3, 0.4) is 0 Å². The van der Waals surface area contributed by atoms with Gasteiger partial charge in [-0.2, -0.15) is 0 Å². The van der Waals surface area contributed by atoms with Crippen LogP contribution >= 0.6 is 0 Å². The Balaban J connectivity index is 1.85. The molecule has 0 spiro atoms. The van der Waals surface area contributed by atoms with Crippen LogP contribution in [0.4, 0.5) is 4.79 Å². The lowest BCUT2D eigenvalue weighted by Crippen LogP contribution is -2.40. The summed E-state index contributed by atoms with van der Waals surface area (Å²) in [7, 11) is 1.49. The standard InChI is InChI=1S/C19H18N2O5/c1-25-16-10-6-5-9-14(16)18(23)20-15(13-7-3-2-4-8-13)11-21-17(22)12-26-19(21)24/h2-10,15H,11-12H2,1H3,(H,20,23). The minimum absolute atomic E-state index is 0.0113. The zero-order valence-corrected chi connectivity index (χ0v) is 14.2. The van der Waals surface area contributed by atoms with E-state index in [1.807, 2.05) is 30.3 Å². The predicted octanol–water partition coefficient (Wildman–Crippen LogP) is 2.15. The number of nitrogens with zero attached hydrogens (tertiary/aromatic N) is 1. The lowest BCUT2D eigenvalue weighted by atomic mass is 10.1. The Bertz CT molecular complexity index is 806. The zero-order chi connectivity index (χ0) is 18.5. The largest absolute Gasteiger partial charge is 0.496 e. The van der Waals surface area contributed by atoms with Gasteiger partial charge in [0.05, 0.1) is 25.3 Å². The molecule has 0 aliphatic carbocycles. The molecule has 26 heavy (non-hydrogen) atoms. The second-order valence-electron chi connectivity index (χ2n) is 5.70. The van der Waals surface area contributed by atoms with Crippen molar-refractivity contribution in [3.8, 4) is 5.75 Å². The summed E-state index contributed by atoms with van der Waals surface area (Å²) in [4.78, 5) is 37.3. The van der Waals surface area contributed by atoms with Crippen molar-refractivity contribution < 1.29 is 23.9 Å². The average molecular weight is 354 g/mol. The molecule has 1 N–H and O–H groups in total. The summed E-state index contributed by atoms with van der Waals surface area (Å²) in [5.74, 6) is -0.354. The molecule has 1 aliphatic heterocycles. The highest BCUT2D eigenvalue weighted by atomic mass is 16.6. The molecule has 0 radical (unpaired) electrons. The van der Waals surface area contributed by atoms with Gasteiger partial charge in [-0.05, 0) is 17.7 Å². The van der Waals surface area contributed by atoms with E-state index in [1.54, 1.807) is 24.3 Å². The molecular weight excluding hydrogens is 336 g/mol. The van der Waals surface area contributed by atoms with Crippen molar-refractivity contribution in [3.05, 3.63) is 65.7 Å². The number of para-hydroxylation sites is 1. The van der Waals surface area contributed by atoms with Crippen LogP contribution < -0.4 is 10.1 Å². The Morgan fingerprint density at radius 2 is 1.85 bits per heavy atom. The van der Waals surface area contributed by atoms with Gasteiger partial charge in [-0.3, -0.25) is 9.59 Å². The molecule has 2 aromatic rings. The van der Waals surface area contributed by atoms with Gasteiger partial charge in [0.25, 0.3) is 11.8 Å². The molecule has 134 valence electrons. The number of carbonyl (C=O) groups excluding carboxylic acids is 3. The van der Waals surface area contributed by atoms with Gasteiger partial charge in [-0.1, -0.05) is 42.5 Å². The van der Waals surface area contributed by atoms with E-state index in [2.05, 4.69) is 5.32 Å². The number of amides is 3. The highest BCUT2D eigenvalue weighted by Crippen LogP contribution is 2.21. The number of hydrogen-bond acceptors (Lipinski definition) is 5. The maximum atomic E-state index is 12.7. The number of carbonyl (C=O) groups is 3. The summed E-state index contributed by atoms with van der Waals surface area (Å²) in [5, 5.41) is 2.87. The third-order valence-corrected chi connectivity index (χ3v) is 4.06. The highest BCUT2D eigenvalue weighted by molar-refractivity contribution is 5.99. The lowest BCUT2D eigenvalue weighted by molar-refractivity contribution is -0.126. The minimum Gasteiger partial charge on any atom is -0.496 e. The molecule has 3 amide bonds. The summed E-state index contributed by atoms with van der Waals surface area (Å²) in [5.41, 5.74) is 1.13. The predicted molar refractivity (Wildman–Crippen MR) is 92.7 cm³/mol. The molecule has 7 nitrogen and oxygen atoms in total. The average Bonchev–Trinajstić information content (AvgIpc) is 3.00. The van der Waals surface area contributed by atoms with Crippen molar-refractivity contribution in [3.63, 3.8) is 0 Å². The molecule has 0 aromatic heterocycles. The van der Waals surface area contributed by atoms with Crippen LogP contribution in [0.2, 0.25) is 0 Å². The number of rotatable bonds is 6. The Labute approximate surface area is 150 Å². The van der Waals surface area contributed by atoms with Gasteiger partial charge >= 0.3 is 6.09 Å². The first-order valence-corrected chi connectivity index (χ1v) is 8.06. The van der Waals surface area contributed by atoms with Gasteiger partial charge in [0.1, 0.15) is 5.75 Å². The first-order chi connectivity index (χ1) is 12.6. The summed E-state index contributed by atoms with van der Waals surface area (Å²) in [6.07, 6.45) is -0.706. The maximum Gasteiger partial charge on any atom is 0.417 e. The van der Waals surface area contributed by atoms with E-state index in [-0.39, 0.29) is 19.1 Å². The van der Waals surface area contributed by atoms with Gasteiger partial charge in [0.2, 0.25) is 0 Å². The number of hydrogen-bond donors (Lipinski definition) is 1. The van der Waals surface area contributed by atoms with Crippen molar-refractivity contribution in [2.75, 3.05) is 20.3 Å². The van der Waals surface area contributed by atoms with E-state index < -0.39 is 18.0 Å². The van der Waals surface area contributed by atoms with Gasteiger partial charge in [-0.25, -0.2) is 9.69 Å². The molecule has 1 aliphatic rings. The van der Waals surface area contributed by atoms with Gasteiger partial charge in [0, 0.05) is 0 Å². The van der Waals surface area contributed by atoms with Gasteiger partial charge < -0.3 is 14.8 Å². The lowest BCUT2D eigenvalue weighted by Gasteiger charge is -2.23. The molecule has 2 aromatic carbocycles. The number of nitrogens with one attached hydrogen (secondary N) is 1. The number of cyclic esters (lactones) is 1. The van der Waals surface area contributed by atoms with Crippen molar-refractivity contribution in [2.45, 2.75) is 6.04 Å². The van der Waals surface area contributed by atoms with Gasteiger partial charge in [0.15, 0.2) is 6.61 Å². The molecule has 0 bridgehead atoms. The SMILES string of the molecule is COc1ccccc1C(=O)NC(CN1C(=O)COC1=O)c1ccccc1. The smallest absolute Gasteiger partial charge is 0.417 e. The monoisotopic (exact) mass is 354 g/mol. The van der Waals surface area contributed by atoms with Crippen molar-refractivity contribution in [2.24, 2.45) is 0 Å². The van der Waals surface area contributed by atoms with Crippen LogP contribution in [0.25, 0.3) is 0 Å². The fourth-order valence-electron chi connectivity index (χ4n) is 2.73. The van der Waals surface area contributed by atoms with Crippen LogP contribution in [0.15, 0.2) is 54.6 Å². The summed E-state index contributed by atoms with van der Waals surface area (Å²) in [6.45, 7) is -0.288. The molecule has 0 saturated carbocycles. The van der Waals surface area contributed by atoms with E-state index in [0.29, 0.717) is 11.3 Å². The molecule has 3 rings (SSSR count). The number of methoxy groups -OCH3 is 1. The molecule has 1 fully saturated rings. The molecule has 1 heterocycles. The second-order valence-corrected chi connectivity index (χ2v) is 5.70. The normalized spacial score (nSPS) is 14.7. The quantitative estimate of drug-likeness (QED) is 0.859. The number of ether oxygens (including phenoxy) is 2. The van der Waals surface area contributed by atoms with Crippen LogP contribution in [0.1, 0.15) is 22.0 Å². The molecule has 7 heteroatoms. The Morgan fingerprint density at radius 1 is 1.15 bits per heavy atom. The summed E-state index contributed by atoms with van der Waals surface area (Å²) < 4.78 is 9.97. The zero-order valence-electron chi connectivity index (χ0n) is 14.2. The van der Waals surface area contributed by atoms with E-state index in [9.17, 15) is 14.4 Å². The fraction of sp³-hybridized carbons (Fsp3) is 0.211. The molecule has 1 saturated heterocycles. The van der Waals surface area contributed by atoms with E-state index in [1.165, 1.54) is 7.11 Å². The highest BCUT2D eigenvalue weighted by Gasteiger charge is 2.34. The fourth-order valence-corrected chi connectivity index (χ4v) is 2.73. The van der Waals surface area contributed by atoms with Crippen molar-refractivity contribution in [1.82, 2.24) is 10.2 Å². The summed E-state index contributed by atoms with van der Waals surface area (Å²) in [6, 6.07) is 15.4. The third-order valence-electron chi connectivity index (χ3n) is 4.06. The first-order valence-electron chi connectivity index (χ1n) is 8.06. The van der Waals surface area contributed by atoms with E-state index in [4.69, 9.17) is 9.47 Å².